The van der Waals surface area contributed by atoms with E-state index in [0.717, 1.165) is 47.9 Å². The highest BCUT2D eigenvalue weighted by atomic mass is 19.1. The van der Waals surface area contributed by atoms with Gasteiger partial charge in [-0.15, -0.1) is 0 Å². The maximum atomic E-state index is 14.3. The molecule has 12 heteroatoms. The molecule has 2 fully saturated rings. The fourth-order valence-electron chi connectivity index (χ4n) is 8.13. The number of hydrogen-bond acceptors (Lipinski definition) is 8. The molecule has 278 valence electrons. The number of methoxy groups -OCH3 is 1. The Balaban J connectivity index is 1.05. The number of aliphatic imine (C=N–C) groups is 2. The maximum absolute atomic E-state index is 14.3. The number of hydrogen-bond donors (Lipinski definition) is 2. The monoisotopic (exact) mass is 730 g/mol. The molecule has 8 rings (SSSR count). The van der Waals surface area contributed by atoms with Crippen molar-refractivity contribution in [2.24, 2.45) is 9.98 Å². The summed E-state index contributed by atoms with van der Waals surface area (Å²) in [6.45, 7) is 6.62. The van der Waals surface area contributed by atoms with E-state index in [1.54, 1.807) is 25.3 Å². The van der Waals surface area contributed by atoms with Crippen LogP contribution in [0.15, 0.2) is 89.0 Å². The van der Waals surface area contributed by atoms with Crippen LogP contribution in [0.25, 0.3) is 16.9 Å². The molecule has 0 spiro atoms. The van der Waals surface area contributed by atoms with Gasteiger partial charge in [0.15, 0.2) is 0 Å². The van der Waals surface area contributed by atoms with Crippen LogP contribution in [0.3, 0.4) is 0 Å². The summed E-state index contributed by atoms with van der Waals surface area (Å²) in [5, 5.41) is 5.81. The first kappa shape index (κ1) is 35.4. The van der Waals surface area contributed by atoms with Crippen molar-refractivity contribution in [1.82, 2.24) is 14.3 Å². The number of anilines is 3. The quantitative estimate of drug-likeness (QED) is 0.167. The summed E-state index contributed by atoms with van der Waals surface area (Å²) < 4.78 is 36.7. The second-order valence-electron chi connectivity index (χ2n) is 14.2. The predicted octanol–water partition coefficient (Wildman–Crippen LogP) is 8.29. The number of pyridine rings is 1. The van der Waals surface area contributed by atoms with Crippen LogP contribution in [-0.2, 0) is 0 Å². The molecule has 2 N–H and O–H groups in total. The van der Waals surface area contributed by atoms with Crippen LogP contribution >= 0.6 is 0 Å². The number of piperidine rings is 2. The molecule has 0 radical (unpaired) electrons. The summed E-state index contributed by atoms with van der Waals surface area (Å²) in [4.78, 5) is 33.0. The Kier molecular flexibility index (Phi) is 10.1. The highest BCUT2D eigenvalue weighted by molar-refractivity contribution is 6.05. The number of guanidine groups is 1. The number of nitrogens with zero attached hydrogens (tertiary/aromatic N) is 6. The molecule has 5 heterocycles. The van der Waals surface area contributed by atoms with Gasteiger partial charge in [-0.2, -0.15) is 0 Å². The summed E-state index contributed by atoms with van der Waals surface area (Å²) in [6.07, 6.45) is 10.6. The lowest BCUT2D eigenvalue weighted by molar-refractivity contribution is 0.102. The van der Waals surface area contributed by atoms with Crippen LogP contribution in [0, 0.1) is 18.6 Å². The van der Waals surface area contributed by atoms with E-state index in [4.69, 9.17) is 14.7 Å². The van der Waals surface area contributed by atoms with Gasteiger partial charge in [0.25, 0.3) is 5.91 Å². The largest absolute Gasteiger partial charge is 0.494 e. The minimum Gasteiger partial charge on any atom is -0.494 e. The van der Waals surface area contributed by atoms with Crippen LogP contribution in [0.5, 0.6) is 5.75 Å². The number of rotatable bonds is 8. The minimum absolute atomic E-state index is 0.228. The smallest absolute Gasteiger partial charge is 0.255 e. The number of aromatic nitrogens is 2. The highest BCUT2D eigenvalue weighted by Crippen LogP contribution is 2.39. The number of amides is 1. The fourth-order valence-corrected chi connectivity index (χ4v) is 8.13. The van der Waals surface area contributed by atoms with Gasteiger partial charge in [0, 0.05) is 60.3 Å². The molecular formula is C42H44F2N8O2. The van der Waals surface area contributed by atoms with Crippen LogP contribution in [0.1, 0.15) is 66.2 Å². The van der Waals surface area contributed by atoms with E-state index in [1.807, 2.05) is 47.1 Å². The zero-order valence-corrected chi connectivity index (χ0v) is 30.6. The molecule has 2 saturated heterocycles. The van der Waals surface area contributed by atoms with Gasteiger partial charge in [0.2, 0.25) is 5.96 Å². The third-order valence-electron chi connectivity index (χ3n) is 10.8. The van der Waals surface area contributed by atoms with Gasteiger partial charge in [-0.25, -0.2) is 23.7 Å². The average Bonchev–Trinajstić information content (AvgIpc) is 3.60. The van der Waals surface area contributed by atoms with Crippen molar-refractivity contribution >= 4 is 40.8 Å². The molecule has 1 amide bonds. The SMILES string of the molecule is COc1c(NC2=NC(c3c(-c4cccc(C(=O)Nc5c(F)cccc5F)c4)nc4ccccn34)CC=N2)ccc(N2CCC(N3CCCCC3)CC2)c1C. The third kappa shape index (κ3) is 7.05. The maximum Gasteiger partial charge on any atom is 0.255 e. The number of likely N-dealkylation sites (tertiary alicyclic amines) is 1. The van der Waals surface area contributed by atoms with Crippen molar-refractivity contribution in [3.8, 4) is 17.0 Å². The molecule has 3 aromatic carbocycles. The molecule has 1 atom stereocenters. The predicted molar refractivity (Wildman–Crippen MR) is 210 cm³/mol. The van der Waals surface area contributed by atoms with Gasteiger partial charge >= 0.3 is 0 Å². The molecule has 0 aliphatic carbocycles. The zero-order valence-electron chi connectivity index (χ0n) is 30.6. The molecule has 5 aromatic rings. The van der Waals surface area contributed by atoms with E-state index in [-0.39, 0.29) is 11.6 Å². The normalized spacial score (nSPS) is 18.1. The van der Waals surface area contributed by atoms with Gasteiger partial charge in [0.1, 0.15) is 34.8 Å². The Labute approximate surface area is 313 Å². The Morgan fingerprint density at radius 2 is 1.69 bits per heavy atom. The average molecular weight is 731 g/mol. The molecule has 0 saturated carbocycles. The lowest BCUT2D eigenvalue weighted by atomic mass is 9.98. The Morgan fingerprint density at radius 3 is 2.46 bits per heavy atom. The first-order valence-corrected chi connectivity index (χ1v) is 18.7. The molecule has 2 aromatic heterocycles. The molecular weight excluding hydrogens is 687 g/mol. The third-order valence-corrected chi connectivity index (χ3v) is 10.8. The second kappa shape index (κ2) is 15.4. The first-order chi connectivity index (χ1) is 26.4. The standard InChI is InChI=1S/C42H44F2N8O2/c1-27-35(51-24-18-30(19-25-51)50-21-5-3-6-22-50)16-15-34(40(27)54-2)47-42-45-20-17-33(46-42)39-37(48-36-14-4-7-23-52(36)39)28-10-8-11-29(26-28)41(53)49-38-31(43)12-9-13-32(38)44/h4,7-16,20,23,26,30,33H,3,5-6,17-19,21-22,24-25H2,1-2H3,(H,46,47)(H,49,53). The first-order valence-electron chi connectivity index (χ1n) is 18.7. The number of benzene rings is 3. The molecule has 1 unspecified atom stereocenters. The summed E-state index contributed by atoms with van der Waals surface area (Å²) in [7, 11) is 1.69. The van der Waals surface area contributed by atoms with Gasteiger partial charge in [-0.3, -0.25) is 4.79 Å². The van der Waals surface area contributed by atoms with Crippen molar-refractivity contribution in [1.29, 1.82) is 0 Å². The lowest BCUT2D eigenvalue weighted by Crippen LogP contribution is -2.46. The van der Waals surface area contributed by atoms with E-state index in [9.17, 15) is 13.6 Å². The van der Waals surface area contributed by atoms with Gasteiger partial charge < -0.3 is 29.6 Å². The Bertz CT molecular complexity index is 2220. The van der Waals surface area contributed by atoms with Crippen LogP contribution in [-0.4, -0.2) is 71.7 Å². The van der Waals surface area contributed by atoms with Crippen molar-refractivity contribution in [3.05, 3.63) is 107 Å². The summed E-state index contributed by atoms with van der Waals surface area (Å²) in [5.41, 5.74) is 5.60. The number of carbonyl (C=O) groups excluding carboxylic acids is 1. The number of imidazole rings is 1. The minimum atomic E-state index is -0.852. The number of fused-ring (bicyclic) bond motifs is 1. The van der Waals surface area contributed by atoms with E-state index < -0.39 is 23.2 Å². The van der Waals surface area contributed by atoms with E-state index in [1.165, 1.54) is 56.9 Å². The number of nitrogens with one attached hydrogen (secondary N) is 2. The van der Waals surface area contributed by atoms with Gasteiger partial charge in [0.05, 0.1) is 24.2 Å². The van der Waals surface area contributed by atoms with Crippen molar-refractivity contribution < 1.29 is 18.3 Å². The summed E-state index contributed by atoms with van der Waals surface area (Å²) >= 11 is 0. The van der Waals surface area contributed by atoms with Crippen molar-refractivity contribution in [2.45, 2.75) is 57.5 Å². The Hall–Kier alpha value is -5.62. The molecule has 54 heavy (non-hydrogen) atoms. The van der Waals surface area contributed by atoms with E-state index >= 15 is 0 Å². The highest BCUT2D eigenvalue weighted by Gasteiger charge is 2.28. The van der Waals surface area contributed by atoms with Crippen LogP contribution in [0.4, 0.5) is 25.8 Å². The molecule has 3 aliphatic heterocycles. The second-order valence-corrected chi connectivity index (χ2v) is 14.2. The van der Waals surface area contributed by atoms with Gasteiger partial charge in [-0.1, -0.05) is 30.7 Å². The molecule has 10 nitrogen and oxygen atoms in total. The number of halogens is 2. The topological polar surface area (TPSA) is 98.9 Å². The molecule has 0 bridgehead atoms. The fraction of sp³-hybridized carbons (Fsp3) is 0.333. The van der Waals surface area contributed by atoms with Crippen LogP contribution < -0.4 is 20.3 Å². The van der Waals surface area contributed by atoms with E-state index in [0.29, 0.717) is 35.3 Å². The van der Waals surface area contributed by atoms with Crippen molar-refractivity contribution in [2.75, 3.05) is 48.8 Å². The number of ether oxygens (including phenoxy) is 1. The van der Waals surface area contributed by atoms with Crippen molar-refractivity contribution in [3.63, 3.8) is 0 Å². The number of para-hydroxylation sites is 1. The summed E-state index contributed by atoms with van der Waals surface area (Å²) in [6, 6.07) is 20.6. The van der Waals surface area contributed by atoms with Crippen LogP contribution in [0.2, 0.25) is 0 Å². The van der Waals surface area contributed by atoms with Gasteiger partial charge in [-0.05, 0) is 94.2 Å². The number of carbonyl (C=O) groups is 1. The summed E-state index contributed by atoms with van der Waals surface area (Å²) in [5.74, 6) is -1.15. The Morgan fingerprint density at radius 1 is 0.907 bits per heavy atom. The zero-order chi connectivity index (χ0) is 37.2. The lowest BCUT2D eigenvalue weighted by Gasteiger charge is -2.41. The molecule has 3 aliphatic rings. The van der Waals surface area contributed by atoms with E-state index in [2.05, 4.69) is 38.4 Å².